The largest absolute Gasteiger partial charge is 0.545 e. The molecule has 0 unspecified atom stereocenters. The lowest BCUT2D eigenvalue weighted by atomic mass is 9.75. The van der Waals surface area contributed by atoms with Gasteiger partial charge in [0, 0.05) is 24.5 Å². The second-order valence-electron chi connectivity index (χ2n) is 7.10. The molecule has 1 N–H and O–H groups in total. The third-order valence-electron chi connectivity index (χ3n) is 5.41. The van der Waals surface area contributed by atoms with Crippen molar-refractivity contribution in [2.45, 2.75) is 25.3 Å². The number of anilines is 1. The molecule has 8 nitrogen and oxygen atoms in total. The van der Waals surface area contributed by atoms with Gasteiger partial charge in [0.15, 0.2) is 0 Å². The molecule has 0 radical (unpaired) electrons. The van der Waals surface area contributed by atoms with Crippen molar-refractivity contribution in [2.75, 3.05) is 5.32 Å². The van der Waals surface area contributed by atoms with Gasteiger partial charge in [-0.2, -0.15) is 0 Å². The van der Waals surface area contributed by atoms with E-state index in [2.05, 4.69) is 5.32 Å². The molecule has 1 heterocycles. The molecule has 0 spiro atoms. The molecule has 1 aliphatic heterocycles. The first kappa shape index (κ1) is 18.7. The highest BCUT2D eigenvalue weighted by molar-refractivity contribution is 5.95. The van der Waals surface area contributed by atoms with E-state index >= 15 is 0 Å². The predicted molar refractivity (Wildman–Crippen MR) is 102 cm³/mol. The van der Waals surface area contributed by atoms with Crippen LogP contribution in [0, 0.1) is 16.0 Å². The van der Waals surface area contributed by atoms with Gasteiger partial charge in [0.1, 0.15) is 5.75 Å². The van der Waals surface area contributed by atoms with Crippen molar-refractivity contribution in [3.8, 4) is 5.75 Å². The number of nitro benzene ring substituents is 1. The van der Waals surface area contributed by atoms with Gasteiger partial charge in [0.25, 0.3) is 5.69 Å². The van der Waals surface area contributed by atoms with Crippen LogP contribution < -0.4 is 15.2 Å². The number of nitrogens with one attached hydrogen (secondary N) is 1. The van der Waals surface area contributed by atoms with Crippen LogP contribution in [0.15, 0.2) is 48.6 Å². The number of carboxylic acid groups (broad SMARTS) is 1. The predicted octanol–water partition coefficient (Wildman–Crippen LogP) is 2.71. The Morgan fingerprint density at radius 3 is 2.52 bits per heavy atom. The van der Waals surface area contributed by atoms with E-state index in [1.807, 2.05) is 12.2 Å². The molecule has 0 saturated heterocycles. The zero-order valence-corrected chi connectivity index (χ0v) is 15.5. The minimum Gasteiger partial charge on any atom is -0.545 e. The zero-order valence-electron chi connectivity index (χ0n) is 15.5. The fraction of sp³-hybridized carbons (Fsp3) is 0.238. The number of carbonyl (C=O) groups excluding carboxylic acids is 2. The number of ether oxygens (including phenoxy) is 1. The van der Waals surface area contributed by atoms with Crippen LogP contribution in [-0.4, -0.2) is 16.9 Å². The number of hydrogen-bond acceptors (Lipinski definition) is 7. The van der Waals surface area contributed by atoms with Crippen molar-refractivity contribution in [1.29, 1.82) is 0 Å². The summed E-state index contributed by atoms with van der Waals surface area (Å²) in [4.78, 5) is 33.8. The lowest BCUT2D eigenvalue weighted by molar-refractivity contribution is -0.385. The third kappa shape index (κ3) is 3.22. The van der Waals surface area contributed by atoms with Gasteiger partial charge in [-0.3, -0.25) is 14.9 Å². The molecule has 0 fully saturated rings. The van der Waals surface area contributed by atoms with Crippen LogP contribution in [0.1, 0.15) is 46.8 Å². The Kier molecular flexibility index (Phi) is 4.54. The van der Waals surface area contributed by atoms with Crippen molar-refractivity contribution in [2.24, 2.45) is 5.92 Å². The third-order valence-corrected chi connectivity index (χ3v) is 5.41. The Labute approximate surface area is 166 Å². The lowest BCUT2D eigenvalue weighted by Crippen LogP contribution is -2.33. The molecule has 2 aromatic carbocycles. The fourth-order valence-electron chi connectivity index (χ4n) is 4.26. The highest BCUT2D eigenvalue weighted by atomic mass is 16.6. The van der Waals surface area contributed by atoms with Gasteiger partial charge in [0.05, 0.1) is 28.2 Å². The van der Waals surface area contributed by atoms with Crippen LogP contribution in [0.3, 0.4) is 0 Å². The van der Waals surface area contributed by atoms with Crippen LogP contribution in [0.4, 0.5) is 11.4 Å². The molecule has 148 valence electrons. The summed E-state index contributed by atoms with van der Waals surface area (Å²) in [6.07, 6.45) is 4.55. The topological polar surface area (TPSA) is 122 Å². The summed E-state index contributed by atoms with van der Waals surface area (Å²) in [5.41, 5.74) is 1.25. The Morgan fingerprint density at radius 2 is 1.90 bits per heavy atom. The number of fused-ring (bicyclic) bond motifs is 3. The van der Waals surface area contributed by atoms with E-state index in [1.54, 1.807) is 24.3 Å². The minimum absolute atomic E-state index is 0.0159. The summed E-state index contributed by atoms with van der Waals surface area (Å²) in [6, 6.07) is 9.09. The second-order valence-corrected chi connectivity index (χ2v) is 7.10. The van der Waals surface area contributed by atoms with Crippen molar-refractivity contribution >= 4 is 23.3 Å². The van der Waals surface area contributed by atoms with E-state index in [1.165, 1.54) is 19.1 Å². The van der Waals surface area contributed by atoms with Gasteiger partial charge < -0.3 is 20.0 Å². The van der Waals surface area contributed by atoms with E-state index in [-0.39, 0.29) is 34.8 Å². The first-order valence-corrected chi connectivity index (χ1v) is 9.11. The zero-order chi connectivity index (χ0) is 20.7. The van der Waals surface area contributed by atoms with Gasteiger partial charge in [-0.15, -0.1) is 0 Å². The molecule has 29 heavy (non-hydrogen) atoms. The quantitative estimate of drug-likeness (QED) is 0.279. The average Bonchev–Trinajstić information content (AvgIpc) is 3.16. The summed E-state index contributed by atoms with van der Waals surface area (Å²) in [7, 11) is 0. The highest BCUT2D eigenvalue weighted by Crippen LogP contribution is 2.53. The maximum Gasteiger partial charge on any atom is 0.308 e. The number of rotatable bonds is 4. The van der Waals surface area contributed by atoms with Gasteiger partial charge in [-0.25, -0.2) is 0 Å². The van der Waals surface area contributed by atoms with E-state index in [9.17, 15) is 24.8 Å². The molecule has 2 aromatic rings. The normalized spacial score (nSPS) is 21.6. The Hall–Kier alpha value is -3.68. The molecule has 0 bridgehead atoms. The monoisotopic (exact) mass is 393 g/mol. The summed E-state index contributed by atoms with van der Waals surface area (Å²) < 4.78 is 5.06. The number of allylic oxidation sites excluding steroid dienone is 2. The van der Waals surface area contributed by atoms with E-state index < -0.39 is 16.9 Å². The first-order valence-electron chi connectivity index (χ1n) is 9.11. The fourth-order valence-corrected chi connectivity index (χ4v) is 4.26. The molecule has 1 aliphatic carbocycles. The summed E-state index contributed by atoms with van der Waals surface area (Å²) in [5, 5.41) is 26.4. The number of nitrogens with zero attached hydrogens (tertiary/aromatic N) is 1. The number of hydrogen-bond donors (Lipinski definition) is 1. The smallest absolute Gasteiger partial charge is 0.308 e. The van der Waals surface area contributed by atoms with Gasteiger partial charge >= 0.3 is 5.97 Å². The first-order chi connectivity index (χ1) is 13.9. The molecule has 4 rings (SSSR count). The maximum absolute atomic E-state index is 11.6. The summed E-state index contributed by atoms with van der Waals surface area (Å²) >= 11 is 0. The van der Waals surface area contributed by atoms with Gasteiger partial charge in [-0.1, -0.05) is 24.3 Å². The average molecular weight is 393 g/mol. The van der Waals surface area contributed by atoms with Crippen molar-refractivity contribution in [1.82, 2.24) is 0 Å². The number of carbonyl (C=O) groups is 2. The van der Waals surface area contributed by atoms with Crippen LogP contribution in [-0.2, 0) is 4.79 Å². The SMILES string of the molecule is CC(=O)Oc1ccc([C@@H]2Nc3c(C(=O)[O-])ccc([N+](=O)[O-])c3[C@@H]3C=CC[C@H]32)cc1. The summed E-state index contributed by atoms with van der Waals surface area (Å²) in [5.74, 6) is -1.71. The number of aromatic carboxylic acids is 1. The Bertz CT molecular complexity index is 1040. The number of carboxylic acids is 1. The van der Waals surface area contributed by atoms with Crippen molar-refractivity contribution in [3.63, 3.8) is 0 Å². The Balaban J connectivity index is 1.80. The number of esters is 1. The van der Waals surface area contributed by atoms with Crippen LogP contribution >= 0.6 is 0 Å². The maximum atomic E-state index is 11.6. The molecular formula is C21H17N2O6-. The van der Waals surface area contributed by atoms with Gasteiger partial charge in [-0.05, 0) is 36.1 Å². The molecule has 8 heteroatoms. The highest BCUT2D eigenvalue weighted by Gasteiger charge is 2.42. The van der Waals surface area contributed by atoms with Crippen molar-refractivity contribution < 1.29 is 24.4 Å². The van der Waals surface area contributed by atoms with Crippen LogP contribution in [0.5, 0.6) is 5.75 Å². The standard InChI is InChI=1S/C21H18N2O6/c1-11(24)29-13-7-5-12(6-8-13)19-15-4-2-3-14(15)18-17(23(27)28)10-9-16(21(25)26)20(18)22-19/h2-3,5-10,14-15,19,22H,4H2,1H3,(H,25,26)/p-1/t14-,15-,19+/m1/s1. The van der Waals surface area contributed by atoms with E-state index in [0.29, 0.717) is 17.7 Å². The number of nitro groups is 1. The van der Waals surface area contributed by atoms with E-state index in [0.717, 1.165) is 5.56 Å². The van der Waals surface area contributed by atoms with Crippen LogP contribution in [0.2, 0.25) is 0 Å². The van der Waals surface area contributed by atoms with Gasteiger partial charge in [0.2, 0.25) is 0 Å². The van der Waals surface area contributed by atoms with Crippen molar-refractivity contribution in [3.05, 3.63) is 75.4 Å². The Morgan fingerprint density at radius 1 is 1.17 bits per heavy atom. The molecule has 0 amide bonds. The molecular weight excluding hydrogens is 376 g/mol. The number of benzene rings is 2. The minimum atomic E-state index is -1.40. The van der Waals surface area contributed by atoms with Crippen LogP contribution in [0.25, 0.3) is 0 Å². The molecule has 0 saturated carbocycles. The summed E-state index contributed by atoms with van der Waals surface area (Å²) in [6.45, 7) is 1.32. The molecule has 3 atom stereocenters. The van der Waals surface area contributed by atoms with E-state index in [4.69, 9.17) is 4.74 Å². The molecule has 2 aliphatic rings. The lowest BCUT2D eigenvalue weighted by Gasteiger charge is -2.38. The second kappa shape index (κ2) is 7.05. The molecule has 0 aromatic heterocycles.